The van der Waals surface area contributed by atoms with Crippen LogP contribution in [0.3, 0.4) is 0 Å². The Morgan fingerprint density at radius 3 is 2.10 bits per heavy atom. The van der Waals surface area contributed by atoms with Crippen LogP contribution in [-0.2, 0) is 19.3 Å². The Morgan fingerprint density at radius 2 is 1.37 bits per heavy atom. The molecular formula is C28H31NS. The molecule has 2 heteroatoms. The molecule has 0 spiro atoms. The average molecular weight is 414 g/mol. The highest BCUT2D eigenvalue weighted by Crippen LogP contribution is 2.26. The Labute approximate surface area is 186 Å². The van der Waals surface area contributed by atoms with E-state index in [1.54, 1.807) is 0 Å². The Bertz CT molecular complexity index is 951. The second-order valence-electron chi connectivity index (χ2n) is 7.89. The van der Waals surface area contributed by atoms with Crippen molar-refractivity contribution in [2.45, 2.75) is 58.3 Å². The van der Waals surface area contributed by atoms with Crippen molar-refractivity contribution in [2.75, 3.05) is 0 Å². The van der Waals surface area contributed by atoms with Crippen LogP contribution in [0.15, 0.2) is 77.8 Å². The van der Waals surface area contributed by atoms with Gasteiger partial charge < -0.3 is 0 Å². The number of rotatable bonds is 11. The van der Waals surface area contributed by atoms with Crippen LogP contribution in [0, 0.1) is 0 Å². The van der Waals surface area contributed by atoms with Crippen molar-refractivity contribution in [1.29, 1.82) is 0 Å². The van der Waals surface area contributed by atoms with E-state index in [0.717, 1.165) is 18.5 Å². The first-order valence-electron chi connectivity index (χ1n) is 11.1. The van der Waals surface area contributed by atoms with Crippen molar-refractivity contribution < 1.29 is 0 Å². The average Bonchev–Trinajstić information content (AvgIpc) is 2.79. The van der Waals surface area contributed by atoms with Crippen LogP contribution >= 0.6 is 12.2 Å². The van der Waals surface area contributed by atoms with Crippen LogP contribution in [0.1, 0.15) is 55.7 Å². The van der Waals surface area contributed by atoms with Crippen molar-refractivity contribution in [3.63, 3.8) is 0 Å². The molecule has 3 aromatic rings. The van der Waals surface area contributed by atoms with Gasteiger partial charge in [0, 0.05) is 0 Å². The quantitative estimate of drug-likeness (QED) is 0.175. The van der Waals surface area contributed by atoms with E-state index in [9.17, 15) is 0 Å². The summed E-state index contributed by atoms with van der Waals surface area (Å²) in [6.07, 6.45) is 9.89. The maximum atomic E-state index is 4.67. The van der Waals surface area contributed by atoms with Crippen LogP contribution in [-0.4, -0.2) is 5.16 Å². The van der Waals surface area contributed by atoms with E-state index in [2.05, 4.69) is 90.0 Å². The van der Waals surface area contributed by atoms with Gasteiger partial charge in [-0.15, -0.1) is 0 Å². The van der Waals surface area contributed by atoms with Crippen molar-refractivity contribution in [3.05, 3.63) is 89.5 Å². The topological polar surface area (TPSA) is 12.4 Å². The van der Waals surface area contributed by atoms with Gasteiger partial charge in [0.15, 0.2) is 0 Å². The van der Waals surface area contributed by atoms with Gasteiger partial charge in [0.05, 0.1) is 10.8 Å². The minimum Gasteiger partial charge on any atom is -0.195 e. The fraction of sp³-hybridized carbons (Fsp3) is 0.321. The van der Waals surface area contributed by atoms with Gasteiger partial charge in [-0.2, -0.15) is 4.99 Å². The minimum absolute atomic E-state index is 0.861. The molecule has 0 amide bonds. The van der Waals surface area contributed by atoms with Gasteiger partial charge in [0.25, 0.3) is 0 Å². The molecule has 0 saturated carbocycles. The molecule has 0 aliphatic rings. The molecule has 0 atom stereocenters. The number of hydrogen-bond acceptors (Lipinski definition) is 2. The lowest BCUT2D eigenvalue weighted by molar-refractivity contribution is 0.632. The second-order valence-corrected chi connectivity index (χ2v) is 8.07. The van der Waals surface area contributed by atoms with Crippen LogP contribution in [0.2, 0.25) is 0 Å². The number of nitrogens with zero attached hydrogens (tertiary/aromatic N) is 1. The van der Waals surface area contributed by atoms with E-state index in [0.29, 0.717) is 0 Å². The van der Waals surface area contributed by atoms with Crippen LogP contribution in [0.4, 0.5) is 5.69 Å². The van der Waals surface area contributed by atoms with Gasteiger partial charge in [-0.3, -0.25) is 0 Å². The summed E-state index contributed by atoms with van der Waals surface area (Å²) in [5, 5.41) is 2.42. The summed E-state index contributed by atoms with van der Waals surface area (Å²) < 4.78 is 0. The molecule has 30 heavy (non-hydrogen) atoms. The highest BCUT2D eigenvalue weighted by molar-refractivity contribution is 7.78. The van der Waals surface area contributed by atoms with Crippen LogP contribution in [0.5, 0.6) is 0 Å². The standard InChI is InChI=1S/C28H31NS/c1-2-3-4-5-6-9-23-12-18-26(19-13-23)28-11-8-7-10-25(28)17-14-24-15-20-27(21-16-24)29-22-30/h7-8,10-13,15-16,18-21H,2-6,9,14,17H2,1H3. The lowest BCUT2D eigenvalue weighted by atomic mass is 9.94. The molecule has 0 aromatic heterocycles. The molecule has 154 valence electrons. The number of hydrogen-bond donors (Lipinski definition) is 0. The lowest BCUT2D eigenvalue weighted by Crippen LogP contribution is -1.95. The zero-order chi connectivity index (χ0) is 21.0. The fourth-order valence-corrected chi connectivity index (χ4v) is 3.98. The number of aliphatic imine (C=N–C) groups is 1. The molecular weight excluding hydrogens is 382 g/mol. The molecule has 0 N–H and O–H groups in total. The second kappa shape index (κ2) is 12.2. The summed E-state index contributed by atoms with van der Waals surface area (Å²) in [5.41, 5.74) is 7.67. The zero-order valence-electron chi connectivity index (χ0n) is 17.9. The maximum absolute atomic E-state index is 4.67. The maximum Gasteiger partial charge on any atom is 0.0739 e. The van der Waals surface area contributed by atoms with Gasteiger partial charge in [-0.1, -0.05) is 93.3 Å². The summed E-state index contributed by atoms with van der Waals surface area (Å²) in [7, 11) is 0. The third kappa shape index (κ3) is 6.76. The van der Waals surface area contributed by atoms with Crippen molar-refractivity contribution in [1.82, 2.24) is 0 Å². The molecule has 0 fully saturated rings. The number of thiocarbonyl (C=S) groups is 1. The van der Waals surface area contributed by atoms with Gasteiger partial charge in [0.1, 0.15) is 0 Å². The monoisotopic (exact) mass is 413 g/mol. The van der Waals surface area contributed by atoms with Gasteiger partial charge in [-0.05, 0) is 77.9 Å². The molecule has 3 aromatic carbocycles. The highest BCUT2D eigenvalue weighted by Gasteiger charge is 2.06. The molecule has 1 nitrogen and oxygen atoms in total. The Kier molecular flexibility index (Phi) is 9.03. The van der Waals surface area contributed by atoms with Gasteiger partial charge >= 0.3 is 0 Å². The minimum atomic E-state index is 0.861. The van der Waals surface area contributed by atoms with Crippen LogP contribution in [0.25, 0.3) is 11.1 Å². The van der Waals surface area contributed by atoms with E-state index in [-0.39, 0.29) is 0 Å². The molecule has 0 aliphatic heterocycles. The van der Waals surface area contributed by atoms with Gasteiger partial charge in [-0.25, -0.2) is 0 Å². The summed E-state index contributed by atoms with van der Waals surface area (Å²) in [5.74, 6) is 0. The summed E-state index contributed by atoms with van der Waals surface area (Å²) in [4.78, 5) is 4.02. The van der Waals surface area contributed by atoms with Crippen LogP contribution < -0.4 is 0 Å². The number of benzene rings is 3. The normalized spacial score (nSPS) is 10.6. The first-order chi connectivity index (χ1) is 14.8. The summed E-state index contributed by atoms with van der Waals surface area (Å²) in [6, 6.07) is 26.2. The van der Waals surface area contributed by atoms with E-state index in [1.165, 1.54) is 66.3 Å². The Hall–Kier alpha value is -2.54. The molecule has 0 heterocycles. The zero-order valence-corrected chi connectivity index (χ0v) is 18.8. The third-order valence-electron chi connectivity index (χ3n) is 5.65. The highest BCUT2D eigenvalue weighted by atomic mass is 32.1. The first kappa shape index (κ1) is 22.2. The lowest BCUT2D eigenvalue weighted by Gasteiger charge is -2.11. The predicted molar refractivity (Wildman–Crippen MR) is 133 cm³/mol. The number of aryl methyl sites for hydroxylation is 3. The van der Waals surface area contributed by atoms with E-state index in [4.69, 9.17) is 0 Å². The van der Waals surface area contributed by atoms with E-state index in [1.807, 2.05) is 12.1 Å². The molecule has 0 bridgehead atoms. The summed E-state index contributed by atoms with van der Waals surface area (Å²) in [6.45, 7) is 2.27. The third-order valence-corrected chi connectivity index (χ3v) is 5.74. The smallest absolute Gasteiger partial charge is 0.0739 e. The Balaban J connectivity index is 1.62. The SMILES string of the molecule is CCCCCCCc1ccc(-c2ccccc2CCc2ccc(N=C=S)cc2)cc1. The van der Waals surface area contributed by atoms with Crippen molar-refractivity contribution >= 4 is 23.1 Å². The molecule has 0 saturated heterocycles. The van der Waals surface area contributed by atoms with E-state index >= 15 is 0 Å². The molecule has 3 rings (SSSR count). The Morgan fingerprint density at radius 1 is 0.700 bits per heavy atom. The van der Waals surface area contributed by atoms with Gasteiger partial charge in [0.2, 0.25) is 0 Å². The largest absolute Gasteiger partial charge is 0.195 e. The summed E-state index contributed by atoms with van der Waals surface area (Å²) >= 11 is 4.67. The first-order valence-corrected chi connectivity index (χ1v) is 11.5. The predicted octanol–water partition coefficient (Wildman–Crippen LogP) is 8.39. The van der Waals surface area contributed by atoms with Crippen molar-refractivity contribution in [3.8, 4) is 11.1 Å². The number of isothiocyanates is 1. The molecule has 0 aliphatic carbocycles. The molecule has 0 unspecified atom stereocenters. The molecule has 0 radical (unpaired) electrons. The number of unbranched alkanes of at least 4 members (excludes halogenated alkanes) is 4. The van der Waals surface area contributed by atoms with E-state index < -0.39 is 0 Å². The van der Waals surface area contributed by atoms with Crippen molar-refractivity contribution in [2.24, 2.45) is 4.99 Å². The fourth-order valence-electron chi connectivity index (χ4n) is 3.87.